The smallest absolute Gasteiger partial charge is 0.253 e. The first kappa shape index (κ1) is 15.2. The van der Waals surface area contributed by atoms with Crippen LogP contribution in [0, 0.1) is 6.92 Å². The molecule has 0 saturated carbocycles. The molecule has 21 heavy (non-hydrogen) atoms. The first-order valence-corrected chi connectivity index (χ1v) is 6.84. The summed E-state index contributed by atoms with van der Waals surface area (Å²) < 4.78 is 0. The highest BCUT2D eigenvalue weighted by Crippen LogP contribution is 2.17. The molecule has 2 rings (SSSR count). The van der Waals surface area contributed by atoms with Crippen molar-refractivity contribution in [3.8, 4) is 0 Å². The summed E-state index contributed by atoms with van der Waals surface area (Å²) in [7, 11) is 0. The standard InChI is InChI=1S/C17H19NO3/c1-12-7-5-6-10-14(12)15(19)11-18-17(21)16(20)13-8-3-2-4-9-13/h2-10,15-16,19-20H,11H2,1H3,(H,18,21)/t15?,16-/m0/s1. The predicted molar refractivity (Wildman–Crippen MR) is 80.6 cm³/mol. The fraction of sp³-hybridized carbons (Fsp3) is 0.235. The highest BCUT2D eigenvalue weighted by atomic mass is 16.3. The van der Waals surface area contributed by atoms with E-state index in [4.69, 9.17) is 0 Å². The summed E-state index contributed by atoms with van der Waals surface area (Å²) in [6, 6.07) is 16.1. The van der Waals surface area contributed by atoms with Crippen molar-refractivity contribution in [2.24, 2.45) is 0 Å². The number of rotatable bonds is 5. The van der Waals surface area contributed by atoms with Gasteiger partial charge in [-0.05, 0) is 23.6 Å². The Hall–Kier alpha value is -2.17. The molecule has 0 heterocycles. The minimum Gasteiger partial charge on any atom is -0.387 e. The number of carbonyl (C=O) groups is 1. The minimum absolute atomic E-state index is 0.0631. The van der Waals surface area contributed by atoms with E-state index in [0.717, 1.165) is 11.1 Å². The largest absolute Gasteiger partial charge is 0.387 e. The maximum absolute atomic E-state index is 11.9. The second kappa shape index (κ2) is 7.02. The maximum Gasteiger partial charge on any atom is 0.253 e. The van der Waals surface area contributed by atoms with Gasteiger partial charge in [-0.25, -0.2) is 0 Å². The molecule has 1 unspecified atom stereocenters. The second-order valence-electron chi connectivity index (χ2n) is 4.93. The number of benzene rings is 2. The van der Waals surface area contributed by atoms with Crippen molar-refractivity contribution in [2.45, 2.75) is 19.1 Å². The van der Waals surface area contributed by atoms with Crippen LogP contribution >= 0.6 is 0 Å². The quantitative estimate of drug-likeness (QED) is 0.785. The first-order valence-electron chi connectivity index (χ1n) is 6.84. The Labute approximate surface area is 124 Å². The van der Waals surface area contributed by atoms with Crippen LogP contribution in [0.5, 0.6) is 0 Å². The van der Waals surface area contributed by atoms with Gasteiger partial charge in [-0.15, -0.1) is 0 Å². The Morgan fingerprint density at radius 2 is 1.67 bits per heavy atom. The maximum atomic E-state index is 11.9. The van der Waals surface area contributed by atoms with Crippen LogP contribution in [-0.4, -0.2) is 22.7 Å². The third kappa shape index (κ3) is 3.90. The normalized spacial score (nSPS) is 13.5. The number of hydrogen-bond acceptors (Lipinski definition) is 3. The number of amides is 1. The van der Waals surface area contributed by atoms with Crippen molar-refractivity contribution in [2.75, 3.05) is 6.54 Å². The Morgan fingerprint density at radius 3 is 2.33 bits per heavy atom. The molecule has 0 spiro atoms. The van der Waals surface area contributed by atoms with Crippen molar-refractivity contribution in [3.05, 3.63) is 71.3 Å². The van der Waals surface area contributed by atoms with Gasteiger partial charge in [0, 0.05) is 6.54 Å². The van der Waals surface area contributed by atoms with E-state index in [1.807, 2.05) is 37.3 Å². The monoisotopic (exact) mass is 285 g/mol. The van der Waals surface area contributed by atoms with Crippen LogP contribution in [0.15, 0.2) is 54.6 Å². The van der Waals surface area contributed by atoms with Gasteiger partial charge in [0.25, 0.3) is 5.91 Å². The molecule has 0 aliphatic carbocycles. The number of aliphatic hydroxyl groups is 2. The zero-order valence-electron chi connectivity index (χ0n) is 11.9. The zero-order chi connectivity index (χ0) is 15.2. The van der Waals surface area contributed by atoms with E-state index in [2.05, 4.69) is 5.32 Å². The van der Waals surface area contributed by atoms with E-state index in [-0.39, 0.29) is 6.54 Å². The third-order valence-electron chi connectivity index (χ3n) is 3.38. The van der Waals surface area contributed by atoms with E-state index < -0.39 is 18.1 Å². The second-order valence-corrected chi connectivity index (χ2v) is 4.93. The van der Waals surface area contributed by atoms with Crippen LogP contribution in [0.3, 0.4) is 0 Å². The summed E-state index contributed by atoms with van der Waals surface area (Å²) in [5.41, 5.74) is 2.26. The molecule has 2 aromatic rings. The highest BCUT2D eigenvalue weighted by molar-refractivity contribution is 5.81. The van der Waals surface area contributed by atoms with Gasteiger partial charge in [0.2, 0.25) is 0 Å². The lowest BCUT2D eigenvalue weighted by Gasteiger charge is -2.16. The van der Waals surface area contributed by atoms with E-state index in [1.54, 1.807) is 24.3 Å². The molecule has 0 radical (unpaired) electrons. The van der Waals surface area contributed by atoms with Gasteiger partial charge in [-0.2, -0.15) is 0 Å². The summed E-state index contributed by atoms with van der Waals surface area (Å²) in [6.45, 7) is 1.97. The molecule has 0 fully saturated rings. The molecule has 1 amide bonds. The first-order chi connectivity index (χ1) is 10.1. The summed E-state index contributed by atoms with van der Waals surface area (Å²) in [4.78, 5) is 11.9. The summed E-state index contributed by atoms with van der Waals surface area (Å²) >= 11 is 0. The average Bonchev–Trinajstić information content (AvgIpc) is 2.52. The van der Waals surface area contributed by atoms with E-state index in [9.17, 15) is 15.0 Å². The van der Waals surface area contributed by atoms with E-state index in [1.165, 1.54) is 0 Å². The highest BCUT2D eigenvalue weighted by Gasteiger charge is 2.18. The van der Waals surface area contributed by atoms with Gasteiger partial charge in [0.1, 0.15) is 0 Å². The van der Waals surface area contributed by atoms with Gasteiger partial charge in [0.15, 0.2) is 6.10 Å². The molecular formula is C17H19NO3. The van der Waals surface area contributed by atoms with Crippen molar-refractivity contribution < 1.29 is 15.0 Å². The molecule has 3 N–H and O–H groups in total. The van der Waals surface area contributed by atoms with Gasteiger partial charge in [-0.1, -0.05) is 54.6 Å². The average molecular weight is 285 g/mol. The Balaban J connectivity index is 1.94. The van der Waals surface area contributed by atoms with Gasteiger partial charge >= 0.3 is 0 Å². The molecule has 0 saturated heterocycles. The Morgan fingerprint density at radius 1 is 1.05 bits per heavy atom. The predicted octanol–water partition coefficient (Wildman–Crippen LogP) is 1.88. The molecule has 0 aromatic heterocycles. The fourth-order valence-electron chi connectivity index (χ4n) is 2.15. The number of aliphatic hydroxyl groups excluding tert-OH is 2. The molecule has 0 aliphatic heterocycles. The Kier molecular flexibility index (Phi) is 5.09. The van der Waals surface area contributed by atoms with Crippen LogP contribution < -0.4 is 5.32 Å². The van der Waals surface area contributed by atoms with Gasteiger partial charge in [0.05, 0.1) is 6.10 Å². The molecular weight excluding hydrogens is 266 g/mol. The molecule has 0 bridgehead atoms. The summed E-state index contributed by atoms with van der Waals surface area (Å²) in [5, 5.41) is 22.6. The van der Waals surface area contributed by atoms with Crippen molar-refractivity contribution in [1.29, 1.82) is 0 Å². The third-order valence-corrected chi connectivity index (χ3v) is 3.38. The van der Waals surface area contributed by atoms with Crippen molar-refractivity contribution in [1.82, 2.24) is 5.32 Å². The zero-order valence-corrected chi connectivity index (χ0v) is 11.9. The van der Waals surface area contributed by atoms with Gasteiger partial charge < -0.3 is 15.5 Å². The van der Waals surface area contributed by atoms with E-state index in [0.29, 0.717) is 5.56 Å². The van der Waals surface area contributed by atoms with Crippen LogP contribution in [0.4, 0.5) is 0 Å². The lowest BCUT2D eigenvalue weighted by molar-refractivity contribution is -0.130. The lowest BCUT2D eigenvalue weighted by Crippen LogP contribution is -2.32. The summed E-state index contributed by atoms with van der Waals surface area (Å²) in [6.07, 6.45) is -2.02. The molecule has 4 nitrogen and oxygen atoms in total. The molecule has 4 heteroatoms. The summed E-state index contributed by atoms with van der Waals surface area (Å²) in [5.74, 6) is -0.520. The topological polar surface area (TPSA) is 69.6 Å². The van der Waals surface area contributed by atoms with Gasteiger partial charge in [-0.3, -0.25) is 4.79 Å². The van der Waals surface area contributed by atoms with Crippen LogP contribution in [0.1, 0.15) is 28.9 Å². The minimum atomic E-state index is -1.23. The molecule has 0 aliphatic rings. The molecule has 2 aromatic carbocycles. The number of aryl methyl sites for hydroxylation is 1. The van der Waals surface area contributed by atoms with Crippen LogP contribution in [0.2, 0.25) is 0 Å². The van der Waals surface area contributed by atoms with Crippen LogP contribution in [-0.2, 0) is 4.79 Å². The number of carbonyl (C=O) groups excluding carboxylic acids is 1. The van der Waals surface area contributed by atoms with E-state index >= 15 is 0 Å². The molecule has 2 atom stereocenters. The molecule has 110 valence electrons. The number of nitrogens with one attached hydrogen (secondary N) is 1. The van der Waals surface area contributed by atoms with Crippen molar-refractivity contribution >= 4 is 5.91 Å². The van der Waals surface area contributed by atoms with Crippen LogP contribution in [0.25, 0.3) is 0 Å². The SMILES string of the molecule is Cc1ccccc1C(O)CNC(=O)[C@@H](O)c1ccccc1. The van der Waals surface area contributed by atoms with Crippen molar-refractivity contribution in [3.63, 3.8) is 0 Å². The Bertz CT molecular complexity index is 598. The number of hydrogen-bond donors (Lipinski definition) is 3. The lowest BCUT2D eigenvalue weighted by atomic mass is 10.0. The fourth-order valence-corrected chi connectivity index (χ4v) is 2.15.